The molecule has 0 bridgehead atoms. The molecule has 4 nitrogen and oxygen atoms in total. The van der Waals surface area contributed by atoms with Crippen LogP contribution in [0, 0.1) is 0 Å². The van der Waals surface area contributed by atoms with Crippen LogP contribution >= 0.6 is 23.2 Å². The van der Waals surface area contributed by atoms with Crippen LogP contribution in [0.15, 0.2) is 59.0 Å². The summed E-state index contributed by atoms with van der Waals surface area (Å²) < 4.78 is 5.38. The second kappa shape index (κ2) is 6.91. The van der Waals surface area contributed by atoms with Crippen molar-refractivity contribution >= 4 is 41.1 Å². The number of carbonyl (C=O) groups excluding carboxylic acids is 2. The Morgan fingerprint density at radius 2 is 1.75 bits per heavy atom. The molecule has 1 aromatic heterocycles. The number of rotatable bonds is 4. The summed E-state index contributed by atoms with van der Waals surface area (Å²) in [4.78, 5) is 23.0. The molecule has 0 spiro atoms. The van der Waals surface area contributed by atoms with Crippen LogP contribution in [0.25, 0.3) is 11.3 Å². The number of hydrogen-bond donors (Lipinski definition) is 1. The van der Waals surface area contributed by atoms with E-state index in [1.807, 2.05) is 6.07 Å². The summed E-state index contributed by atoms with van der Waals surface area (Å²) in [6, 6.07) is 15.1. The van der Waals surface area contributed by atoms with Crippen molar-refractivity contribution in [3.05, 3.63) is 76.0 Å². The zero-order valence-electron chi connectivity index (χ0n) is 12.3. The summed E-state index contributed by atoms with van der Waals surface area (Å²) in [5.41, 5.74) is 1.43. The summed E-state index contributed by atoms with van der Waals surface area (Å²) in [5, 5.41) is 3.40. The molecule has 0 atom stereocenters. The molecule has 2 aromatic carbocycles. The predicted octanol–water partition coefficient (Wildman–Crippen LogP) is 5.32. The molecule has 0 aliphatic heterocycles. The first kappa shape index (κ1) is 16.3. The molecule has 0 fully saturated rings. The van der Waals surface area contributed by atoms with E-state index in [4.69, 9.17) is 27.6 Å². The predicted molar refractivity (Wildman–Crippen MR) is 93.9 cm³/mol. The zero-order chi connectivity index (χ0) is 17.1. The third-order valence-electron chi connectivity index (χ3n) is 3.35. The number of carbonyl (C=O) groups is 2. The lowest BCUT2D eigenvalue weighted by molar-refractivity contribution is 0.102. The highest BCUT2D eigenvalue weighted by atomic mass is 35.5. The number of aldehydes is 1. The summed E-state index contributed by atoms with van der Waals surface area (Å²) >= 11 is 12.4. The minimum atomic E-state index is -0.293. The maximum absolute atomic E-state index is 12.3. The van der Waals surface area contributed by atoms with Gasteiger partial charge in [0.2, 0.25) is 0 Å². The summed E-state index contributed by atoms with van der Waals surface area (Å²) in [6.45, 7) is 0. The van der Waals surface area contributed by atoms with Crippen LogP contribution in [0.1, 0.15) is 20.9 Å². The van der Waals surface area contributed by atoms with Crippen LogP contribution < -0.4 is 5.32 Å². The minimum absolute atomic E-state index is 0.186. The van der Waals surface area contributed by atoms with Crippen molar-refractivity contribution in [2.45, 2.75) is 0 Å². The molecule has 6 heteroatoms. The molecular formula is C18H11Cl2NO3. The second-order valence-corrected chi connectivity index (χ2v) is 5.77. The highest BCUT2D eigenvalue weighted by Gasteiger charge is 2.15. The minimum Gasteiger partial charge on any atom is -0.453 e. The van der Waals surface area contributed by atoms with E-state index in [0.29, 0.717) is 38.9 Å². The molecule has 0 unspecified atom stereocenters. The molecule has 3 aromatic rings. The van der Waals surface area contributed by atoms with E-state index in [9.17, 15) is 9.59 Å². The van der Waals surface area contributed by atoms with Crippen molar-refractivity contribution in [2.24, 2.45) is 0 Å². The van der Waals surface area contributed by atoms with Crippen molar-refractivity contribution in [1.82, 2.24) is 0 Å². The normalized spacial score (nSPS) is 10.4. The molecule has 0 saturated carbocycles. The lowest BCUT2D eigenvalue weighted by atomic mass is 10.1. The van der Waals surface area contributed by atoms with E-state index in [0.717, 1.165) is 0 Å². The van der Waals surface area contributed by atoms with E-state index < -0.39 is 0 Å². The Morgan fingerprint density at radius 1 is 1.00 bits per heavy atom. The van der Waals surface area contributed by atoms with Gasteiger partial charge in [0.05, 0.1) is 15.7 Å². The van der Waals surface area contributed by atoms with E-state index >= 15 is 0 Å². The molecule has 0 aliphatic rings. The Hall–Kier alpha value is -2.56. The number of halogens is 2. The van der Waals surface area contributed by atoms with Crippen molar-refractivity contribution in [2.75, 3.05) is 5.32 Å². The maximum Gasteiger partial charge on any atom is 0.255 e. The molecule has 0 radical (unpaired) electrons. The third kappa shape index (κ3) is 3.35. The van der Waals surface area contributed by atoms with Crippen LogP contribution in [0.3, 0.4) is 0 Å². The first-order chi connectivity index (χ1) is 11.6. The van der Waals surface area contributed by atoms with Gasteiger partial charge < -0.3 is 9.73 Å². The zero-order valence-corrected chi connectivity index (χ0v) is 13.8. The van der Waals surface area contributed by atoms with Crippen LogP contribution in [0.2, 0.25) is 10.0 Å². The third-order valence-corrected chi connectivity index (χ3v) is 3.97. The van der Waals surface area contributed by atoms with Crippen molar-refractivity contribution in [1.29, 1.82) is 0 Å². The fourth-order valence-electron chi connectivity index (χ4n) is 2.18. The molecule has 1 heterocycles. The smallest absolute Gasteiger partial charge is 0.255 e. The monoisotopic (exact) mass is 359 g/mol. The van der Waals surface area contributed by atoms with Gasteiger partial charge >= 0.3 is 0 Å². The Labute approximate surface area is 148 Å². The first-order valence-electron chi connectivity index (χ1n) is 6.99. The van der Waals surface area contributed by atoms with Gasteiger partial charge in [0.1, 0.15) is 5.76 Å². The average Bonchev–Trinajstić information content (AvgIpc) is 3.07. The van der Waals surface area contributed by atoms with Crippen LogP contribution in [0.5, 0.6) is 0 Å². The van der Waals surface area contributed by atoms with Crippen molar-refractivity contribution in [3.8, 4) is 11.3 Å². The van der Waals surface area contributed by atoms with Gasteiger partial charge in [-0.05, 0) is 36.4 Å². The summed E-state index contributed by atoms with van der Waals surface area (Å²) in [5.74, 6) is 0.304. The van der Waals surface area contributed by atoms with E-state index in [1.54, 1.807) is 36.4 Å². The molecule has 0 saturated heterocycles. The molecule has 24 heavy (non-hydrogen) atoms. The summed E-state index contributed by atoms with van der Waals surface area (Å²) in [7, 11) is 0. The van der Waals surface area contributed by atoms with E-state index in [1.165, 1.54) is 12.1 Å². The Bertz CT molecular complexity index is 904. The van der Waals surface area contributed by atoms with Gasteiger partial charge in [0, 0.05) is 11.1 Å². The fraction of sp³-hybridized carbons (Fsp3) is 0. The Kier molecular flexibility index (Phi) is 4.69. The molecule has 0 aliphatic carbocycles. The van der Waals surface area contributed by atoms with Crippen LogP contribution in [-0.4, -0.2) is 12.2 Å². The van der Waals surface area contributed by atoms with Crippen molar-refractivity contribution in [3.63, 3.8) is 0 Å². The van der Waals surface area contributed by atoms with Gasteiger partial charge in [-0.3, -0.25) is 9.59 Å². The fourth-order valence-corrected chi connectivity index (χ4v) is 2.70. The number of benzene rings is 2. The number of nitrogens with one attached hydrogen (secondary N) is 1. The highest BCUT2D eigenvalue weighted by molar-refractivity contribution is 6.38. The molecular weight excluding hydrogens is 349 g/mol. The lowest BCUT2D eigenvalue weighted by Crippen LogP contribution is -2.12. The standard InChI is InChI=1S/C18H11Cl2NO3/c19-14-9-15(20)16(21-18(23)11-4-2-1-3-5-11)8-13(14)17-7-6-12(10-22)24-17/h1-10H,(H,21,23). The first-order valence-corrected chi connectivity index (χ1v) is 7.75. The van der Waals surface area contributed by atoms with Gasteiger partial charge in [0.25, 0.3) is 5.91 Å². The van der Waals surface area contributed by atoms with Crippen LogP contribution in [0.4, 0.5) is 5.69 Å². The number of amides is 1. The van der Waals surface area contributed by atoms with Gasteiger partial charge in [0.15, 0.2) is 12.0 Å². The quantitative estimate of drug-likeness (QED) is 0.641. The Morgan fingerprint density at radius 3 is 2.42 bits per heavy atom. The van der Waals surface area contributed by atoms with Crippen LogP contribution in [-0.2, 0) is 0 Å². The molecule has 1 N–H and O–H groups in total. The van der Waals surface area contributed by atoms with Gasteiger partial charge in [-0.2, -0.15) is 0 Å². The molecule has 3 rings (SSSR count). The number of anilines is 1. The molecule has 120 valence electrons. The summed E-state index contributed by atoms with van der Waals surface area (Å²) in [6.07, 6.45) is 0.603. The number of furan rings is 1. The number of hydrogen-bond acceptors (Lipinski definition) is 3. The average molecular weight is 360 g/mol. The van der Waals surface area contributed by atoms with E-state index in [2.05, 4.69) is 5.32 Å². The van der Waals surface area contributed by atoms with Gasteiger partial charge in [-0.15, -0.1) is 0 Å². The topological polar surface area (TPSA) is 59.3 Å². The van der Waals surface area contributed by atoms with Crippen molar-refractivity contribution < 1.29 is 14.0 Å². The molecule has 1 amide bonds. The SMILES string of the molecule is O=Cc1ccc(-c2cc(NC(=O)c3ccccc3)c(Cl)cc2Cl)o1. The highest BCUT2D eigenvalue weighted by Crippen LogP contribution is 2.36. The maximum atomic E-state index is 12.3. The second-order valence-electron chi connectivity index (χ2n) is 4.95. The largest absolute Gasteiger partial charge is 0.453 e. The van der Waals surface area contributed by atoms with Gasteiger partial charge in [-0.1, -0.05) is 41.4 Å². The Balaban J connectivity index is 1.95. The van der Waals surface area contributed by atoms with E-state index in [-0.39, 0.29) is 11.7 Å². The lowest BCUT2D eigenvalue weighted by Gasteiger charge is -2.10. The van der Waals surface area contributed by atoms with Gasteiger partial charge in [-0.25, -0.2) is 0 Å².